The lowest BCUT2D eigenvalue weighted by atomic mass is 10.2. The first-order chi connectivity index (χ1) is 9.15. The van der Waals surface area contributed by atoms with Crippen molar-refractivity contribution >= 4 is 29.7 Å². The number of benzene rings is 1. The summed E-state index contributed by atoms with van der Waals surface area (Å²) in [7, 11) is 0. The third kappa shape index (κ3) is 3.75. The summed E-state index contributed by atoms with van der Waals surface area (Å²) in [6, 6.07) is 7.13. The number of carbonyl (C=O) groups is 1. The summed E-state index contributed by atoms with van der Waals surface area (Å²) >= 11 is 5.92. The number of rotatable bonds is 4. The van der Waals surface area contributed by atoms with Crippen LogP contribution in [0.4, 0.5) is 5.95 Å². The maximum Gasteiger partial charge on any atom is 0.263 e. The third-order valence-electron chi connectivity index (χ3n) is 2.05. The van der Waals surface area contributed by atoms with Crippen molar-refractivity contribution in [2.45, 2.75) is 6.54 Å². The molecule has 98 valence electrons. The molecule has 9 heteroatoms. The first-order valence-corrected chi connectivity index (χ1v) is 5.62. The molecule has 0 aliphatic carbocycles. The van der Waals surface area contributed by atoms with Gasteiger partial charge in [-0.15, -0.1) is 5.10 Å². The molecule has 0 bridgehead atoms. The number of nitrogens with zero attached hydrogens (tertiary/aromatic N) is 5. The zero-order valence-electron chi connectivity index (χ0n) is 9.69. The highest BCUT2D eigenvalue weighted by atomic mass is 35.5. The zero-order chi connectivity index (χ0) is 13.7. The number of hydrogen-bond donors (Lipinski definition) is 2. The van der Waals surface area contributed by atoms with E-state index in [0.29, 0.717) is 10.6 Å². The van der Waals surface area contributed by atoms with E-state index in [0.717, 1.165) is 4.80 Å². The molecule has 2 aromatic rings. The van der Waals surface area contributed by atoms with Crippen molar-refractivity contribution in [3.05, 3.63) is 34.9 Å². The second kappa shape index (κ2) is 5.91. The van der Waals surface area contributed by atoms with Crippen molar-refractivity contribution in [1.82, 2.24) is 25.6 Å². The molecule has 0 spiro atoms. The summed E-state index contributed by atoms with van der Waals surface area (Å²) in [6.07, 6.45) is 1.45. The van der Waals surface area contributed by atoms with Gasteiger partial charge in [0.2, 0.25) is 0 Å². The van der Waals surface area contributed by atoms with Crippen LogP contribution in [-0.4, -0.2) is 32.3 Å². The number of hydrogen-bond acceptors (Lipinski definition) is 6. The number of anilines is 1. The van der Waals surface area contributed by atoms with Gasteiger partial charge in [0, 0.05) is 10.6 Å². The van der Waals surface area contributed by atoms with Crippen LogP contribution in [0.2, 0.25) is 5.02 Å². The Balaban J connectivity index is 1.88. The van der Waals surface area contributed by atoms with E-state index in [1.165, 1.54) is 6.21 Å². The van der Waals surface area contributed by atoms with Gasteiger partial charge in [-0.3, -0.25) is 4.79 Å². The molecule has 0 unspecified atom stereocenters. The third-order valence-corrected chi connectivity index (χ3v) is 2.40. The summed E-state index contributed by atoms with van der Waals surface area (Å²) in [6.45, 7) is -0.121. The first kappa shape index (κ1) is 13.0. The second-order valence-corrected chi connectivity index (χ2v) is 3.90. The molecule has 1 amide bonds. The van der Waals surface area contributed by atoms with E-state index >= 15 is 0 Å². The van der Waals surface area contributed by atoms with E-state index in [1.54, 1.807) is 18.2 Å². The Morgan fingerprint density at radius 1 is 1.53 bits per heavy atom. The standard InChI is InChI=1S/C10H10ClN7O/c11-8-4-2-1-3-7(8)5-13-14-9(19)6-18-16-10(12)15-17-18/h1-5H,6H2,(H2,12,16)(H,14,19)/b13-5+. The Morgan fingerprint density at radius 3 is 3.00 bits per heavy atom. The lowest BCUT2D eigenvalue weighted by Gasteiger charge is -1.98. The molecule has 0 aliphatic rings. The van der Waals surface area contributed by atoms with Crippen LogP contribution in [0.15, 0.2) is 29.4 Å². The molecular weight excluding hydrogens is 270 g/mol. The van der Waals surface area contributed by atoms with Crippen molar-refractivity contribution < 1.29 is 4.79 Å². The zero-order valence-corrected chi connectivity index (χ0v) is 10.4. The number of carbonyl (C=O) groups excluding carboxylic acids is 1. The van der Waals surface area contributed by atoms with Crippen LogP contribution < -0.4 is 11.2 Å². The van der Waals surface area contributed by atoms with E-state index in [4.69, 9.17) is 17.3 Å². The smallest absolute Gasteiger partial charge is 0.263 e. The highest BCUT2D eigenvalue weighted by Crippen LogP contribution is 2.11. The molecule has 2 rings (SSSR count). The van der Waals surface area contributed by atoms with Crippen LogP contribution in [0.25, 0.3) is 0 Å². The van der Waals surface area contributed by atoms with Gasteiger partial charge in [0.05, 0.1) is 6.21 Å². The topological polar surface area (TPSA) is 111 Å². The molecule has 3 N–H and O–H groups in total. The van der Waals surface area contributed by atoms with Crippen molar-refractivity contribution in [2.24, 2.45) is 5.10 Å². The van der Waals surface area contributed by atoms with Gasteiger partial charge < -0.3 is 5.73 Å². The van der Waals surface area contributed by atoms with Gasteiger partial charge in [-0.1, -0.05) is 34.9 Å². The van der Waals surface area contributed by atoms with Crippen LogP contribution >= 0.6 is 11.6 Å². The minimum absolute atomic E-state index is 0.00682. The molecule has 8 nitrogen and oxygen atoms in total. The van der Waals surface area contributed by atoms with Crippen LogP contribution in [0, 0.1) is 0 Å². The lowest BCUT2D eigenvalue weighted by Crippen LogP contribution is -2.24. The van der Waals surface area contributed by atoms with E-state index in [1.807, 2.05) is 6.07 Å². The van der Waals surface area contributed by atoms with Crippen LogP contribution in [0.3, 0.4) is 0 Å². The number of tetrazole rings is 1. The summed E-state index contributed by atoms with van der Waals surface area (Å²) < 4.78 is 0. The summed E-state index contributed by atoms with van der Waals surface area (Å²) in [5.41, 5.74) is 8.29. The molecule has 0 fully saturated rings. The summed E-state index contributed by atoms with van der Waals surface area (Å²) in [5.74, 6) is -0.395. The average Bonchev–Trinajstić information content (AvgIpc) is 2.77. The van der Waals surface area contributed by atoms with Crippen LogP contribution in [0.5, 0.6) is 0 Å². The van der Waals surface area contributed by atoms with Gasteiger partial charge in [-0.05, 0) is 11.3 Å². The predicted octanol–water partition coefficient (Wildman–Crippen LogP) is 0.0590. The lowest BCUT2D eigenvalue weighted by molar-refractivity contribution is -0.122. The molecule has 0 saturated carbocycles. The number of hydrazone groups is 1. The molecule has 0 radical (unpaired) electrons. The second-order valence-electron chi connectivity index (χ2n) is 3.49. The molecule has 1 aromatic heterocycles. The molecule has 0 aliphatic heterocycles. The summed E-state index contributed by atoms with van der Waals surface area (Å²) in [5, 5.41) is 15.0. The molecule has 1 aromatic carbocycles. The van der Waals surface area contributed by atoms with Gasteiger partial charge in [0.25, 0.3) is 11.9 Å². The average molecular weight is 280 g/mol. The van der Waals surface area contributed by atoms with Gasteiger partial charge in [0.15, 0.2) is 0 Å². The van der Waals surface area contributed by atoms with Crippen molar-refractivity contribution in [1.29, 1.82) is 0 Å². The quantitative estimate of drug-likeness (QED) is 0.607. The fourth-order valence-corrected chi connectivity index (χ4v) is 1.42. The molecule has 1 heterocycles. The van der Waals surface area contributed by atoms with Crippen molar-refractivity contribution in [3.63, 3.8) is 0 Å². The largest absolute Gasteiger partial charge is 0.365 e. The fourth-order valence-electron chi connectivity index (χ4n) is 1.24. The number of nitrogens with one attached hydrogen (secondary N) is 1. The van der Waals surface area contributed by atoms with Crippen LogP contribution in [0.1, 0.15) is 5.56 Å². The van der Waals surface area contributed by atoms with E-state index in [2.05, 4.69) is 25.9 Å². The minimum atomic E-state index is -0.402. The molecule has 19 heavy (non-hydrogen) atoms. The maximum atomic E-state index is 11.5. The number of halogens is 1. The van der Waals surface area contributed by atoms with Gasteiger partial charge in [-0.2, -0.15) is 9.90 Å². The summed E-state index contributed by atoms with van der Waals surface area (Å²) in [4.78, 5) is 12.5. The first-order valence-electron chi connectivity index (χ1n) is 5.25. The van der Waals surface area contributed by atoms with Crippen LogP contribution in [-0.2, 0) is 11.3 Å². The van der Waals surface area contributed by atoms with Gasteiger partial charge in [0.1, 0.15) is 6.54 Å². The number of aromatic nitrogens is 4. The molecule has 0 atom stereocenters. The minimum Gasteiger partial charge on any atom is -0.365 e. The van der Waals surface area contributed by atoms with Crippen molar-refractivity contribution in [3.8, 4) is 0 Å². The molecule has 0 saturated heterocycles. The Labute approximate surface area is 113 Å². The monoisotopic (exact) mass is 279 g/mol. The Bertz CT molecular complexity index is 609. The van der Waals surface area contributed by atoms with E-state index < -0.39 is 5.91 Å². The highest BCUT2D eigenvalue weighted by molar-refractivity contribution is 6.33. The SMILES string of the molecule is Nc1nnn(CC(=O)N/N=C/c2ccccc2Cl)n1. The molecular formula is C10H10ClN7O. The fraction of sp³-hybridized carbons (Fsp3) is 0.100. The normalized spacial score (nSPS) is 10.8. The Hall–Kier alpha value is -2.48. The number of nitrogens with two attached hydrogens (primary N) is 1. The number of nitrogen functional groups attached to an aromatic ring is 1. The highest BCUT2D eigenvalue weighted by Gasteiger charge is 2.04. The van der Waals surface area contributed by atoms with E-state index in [9.17, 15) is 4.79 Å². The number of amides is 1. The van der Waals surface area contributed by atoms with Gasteiger partial charge >= 0.3 is 0 Å². The van der Waals surface area contributed by atoms with E-state index in [-0.39, 0.29) is 12.5 Å². The predicted molar refractivity (Wildman–Crippen MR) is 69.4 cm³/mol. The van der Waals surface area contributed by atoms with Gasteiger partial charge in [-0.25, -0.2) is 5.43 Å². The van der Waals surface area contributed by atoms with Crippen molar-refractivity contribution in [2.75, 3.05) is 5.73 Å². The Morgan fingerprint density at radius 2 is 2.32 bits per heavy atom. The maximum absolute atomic E-state index is 11.5. The Kier molecular flexibility index (Phi) is 4.04.